The van der Waals surface area contributed by atoms with Crippen molar-refractivity contribution in [1.82, 2.24) is 15.3 Å². The summed E-state index contributed by atoms with van der Waals surface area (Å²) in [5, 5.41) is 5.48. The van der Waals surface area contributed by atoms with E-state index in [4.69, 9.17) is 0 Å². The first kappa shape index (κ1) is 16.4. The van der Waals surface area contributed by atoms with Gasteiger partial charge in [-0.3, -0.25) is 14.4 Å². The van der Waals surface area contributed by atoms with Gasteiger partial charge in [0.15, 0.2) is 0 Å². The van der Waals surface area contributed by atoms with Gasteiger partial charge in [0.2, 0.25) is 11.3 Å². The van der Waals surface area contributed by atoms with Crippen LogP contribution in [0.4, 0.5) is 5.82 Å². The number of para-hydroxylation sites is 1. The van der Waals surface area contributed by atoms with Crippen molar-refractivity contribution in [3.05, 3.63) is 70.1 Å². The molecule has 0 bridgehead atoms. The zero-order valence-electron chi connectivity index (χ0n) is 13.5. The predicted molar refractivity (Wildman–Crippen MR) is 94.5 cm³/mol. The smallest absolute Gasteiger partial charge is 0.257 e. The van der Waals surface area contributed by atoms with Crippen molar-refractivity contribution in [1.29, 1.82) is 0 Å². The number of fused-ring (bicyclic) bond motifs is 1. The van der Waals surface area contributed by atoms with Crippen molar-refractivity contribution in [2.24, 2.45) is 0 Å². The highest BCUT2D eigenvalue weighted by Gasteiger charge is 2.14. The highest BCUT2D eigenvalue weighted by molar-refractivity contribution is 6.00. The number of pyridine rings is 2. The van der Waals surface area contributed by atoms with Crippen LogP contribution >= 0.6 is 0 Å². The number of anilines is 1. The van der Waals surface area contributed by atoms with Gasteiger partial charge in [-0.15, -0.1) is 0 Å². The molecule has 126 valence electrons. The molecule has 3 aromatic rings. The summed E-state index contributed by atoms with van der Waals surface area (Å²) < 4.78 is 0. The summed E-state index contributed by atoms with van der Waals surface area (Å²) in [7, 11) is 0. The Morgan fingerprint density at radius 1 is 1.16 bits per heavy atom. The third kappa shape index (κ3) is 3.55. The molecule has 0 aliphatic carbocycles. The number of H-pyrrole nitrogens is 1. The second-order valence-corrected chi connectivity index (χ2v) is 5.48. The fourth-order valence-electron chi connectivity index (χ4n) is 2.38. The number of carbonyl (C=O) groups is 2. The van der Waals surface area contributed by atoms with Crippen molar-refractivity contribution in [2.75, 3.05) is 11.9 Å². The molecule has 3 N–H and O–H groups in total. The van der Waals surface area contributed by atoms with E-state index in [9.17, 15) is 14.4 Å². The molecule has 0 radical (unpaired) electrons. The Balaban J connectivity index is 1.69. The van der Waals surface area contributed by atoms with Gasteiger partial charge in [-0.2, -0.15) is 0 Å². The lowest BCUT2D eigenvalue weighted by Gasteiger charge is -2.08. The van der Waals surface area contributed by atoms with Crippen LogP contribution in [0.25, 0.3) is 10.9 Å². The third-order valence-electron chi connectivity index (χ3n) is 3.71. The molecular weight excluding hydrogens is 320 g/mol. The first-order valence-electron chi connectivity index (χ1n) is 7.66. The number of carbonyl (C=O) groups excluding carboxylic acids is 2. The quantitative estimate of drug-likeness (QED) is 0.673. The van der Waals surface area contributed by atoms with Gasteiger partial charge in [-0.1, -0.05) is 18.2 Å². The normalized spacial score (nSPS) is 10.4. The van der Waals surface area contributed by atoms with E-state index in [1.54, 1.807) is 36.5 Å². The van der Waals surface area contributed by atoms with E-state index < -0.39 is 11.8 Å². The Bertz CT molecular complexity index is 1010. The first-order chi connectivity index (χ1) is 12.1. The van der Waals surface area contributed by atoms with Gasteiger partial charge < -0.3 is 15.6 Å². The van der Waals surface area contributed by atoms with E-state index in [0.29, 0.717) is 16.7 Å². The number of nitrogens with one attached hydrogen (secondary N) is 3. The molecule has 2 amide bonds. The van der Waals surface area contributed by atoms with E-state index in [0.717, 1.165) is 5.56 Å². The van der Waals surface area contributed by atoms with Crippen LogP contribution < -0.4 is 16.1 Å². The fraction of sp³-hybridized carbons (Fsp3) is 0.111. The van der Waals surface area contributed by atoms with E-state index in [2.05, 4.69) is 20.6 Å². The number of aromatic nitrogens is 2. The number of rotatable bonds is 4. The fourth-order valence-corrected chi connectivity index (χ4v) is 2.38. The minimum atomic E-state index is -0.611. The average Bonchev–Trinajstić information content (AvgIpc) is 2.62. The summed E-state index contributed by atoms with van der Waals surface area (Å²) in [5.74, 6) is -0.599. The Morgan fingerprint density at radius 3 is 2.76 bits per heavy atom. The van der Waals surface area contributed by atoms with Gasteiger partial charge in [-0.25, -0.2) is 4.98 Å². The molecule has 7 nitrogen and oxygen atoms in total. The van der Waals surface area contributed by atoms with Crippen molar-refractivity contribution >= 4 is 28.5 Å². The van der Waals surface area contributed by atoms with Crippen molar-refractivity contribution in [3.8, 4) is 0 Å². The Morgan fingerprint density at radius 2 is 1.96 bits per heavy atom. The maximum Gasteiger partial charge on any atom is 0.257 e. The predicted octanol–water partition coefficient (Wildman–Crippen LogP) is 1.60. The zero-order chi connectivity index (χ0) is 17.8. The maximum atomic E-state index is 12.4. The largest absolute Gasteiger partial charge is 0.360 e. The molecule has 25 heavy (non-hydrogen) atoms. The van der Waals surface area contributed by atoms with Crippen LogP contribution in [-0.4, -0.2) is 28.3 Å². The topological polar surface area (TPSA) is 104 Å². The Labute approximate surface area is 143 Å². The van der Waals surface area contributed by atoms with E-state index in [1.165, 1.54) is 6.20 Å². The van der Waals surface area contributed by atoms with Crippen LogP contribution in [0.1, 0.15) is 15.9 Å². The molecule has 3 rings (SSSR count). The van der Waals surface area contributed by atoms with Crippen molar-refractivity contribution in [3.63, 3.8) is 0 Å². The summed E-state index contributed by atoms with van der Waals surface area (Å²) in [6, 6.07) is 10.5. The number of nitrogens with zero attached hydrogens (tertiary/aromatic N) is 1. The molecule has 0 saturated carbocycles. The molecule has 0 fully saturated rings. The van der Waals surface area contributed by atoms with E-state index >= 15 is 0 Å². The van der Waals surface area contributed by atoms with E-state index in [-0.39, 0.29) is 17.5 Å². The molecule has 0 aliphatic heterocycles. The second kappa shape index (κ2) is 6.96. The summed E-state index contributed by atoms with van der Waals surface area (Å²) >= 11 is 0. The molecule has 0 unspecified atom stereocenters. The molecule has 7 heteroatoms. The summed E-state index contributed by atoms with van der Waals surface area (Å²) in [6.07, 6.45) is 2.91. The lowest BCUT2D eigenvalue weighted by Crippen LogP contribution is -2.35. The molecule has 2 aromatic heterocycles. The van der Waals surface area contributed by atoms with Crippen LogP contribution in [0.15, 0.2) is 53.6 Å². The van der Waals surface area contributed by atoms with E-state index in [1.807, 2.05) is 13.0 Å². The van der Waals surface area contributed by atoms with Crippen LogP contribution in [0, 0.1) is 6.92 Å². The molecular formula is C18H16N4O3. The van der Waals surface area contributed by atoms with Gasteiger partial charge in [0.25, 0.3) is 5.91 Å². The van der Waals surface area contributed by atoms with Crippen LogP contribution in [0.3, 0.4) is 0 Å². The number of hydrogen-bond acceptors (Lipinski definition) is 4. The van der Waals surface area contributed by atoms with Crippen molar-refractivity contribution < 1.29 is 9.59 Å². The van der Waals surface area contributed by atoms with Crippen LogP contribution in [-0.2, 0) is 4.79 Å². The monoisotopic (exact) mass is 336 g/mol. The van der Waals surface area contributed by atoms with Crippen molar-refractivity contribution in [2.45, 2.75) is 6.92 Å². The zero-order valence-corrected chi connectivity index (χ0v) is 13.5. The lowest BCUT2D eigenvalue weighted by molar-refractivity contribution is -0.115. The van der Waals surface area contributed by atoms with Gasteiger partial charge in [-0.05, 0) is 30.7 Å². The van der Waals surface area contributed by atoms with Gasteiger partial charge in [0.05, 0.1) is 6.54 Å². The van der Waals surface area contributed by atoms with Gasteiger partial charge >= 0.3 is 0 Å². The molecule has 1 aromatic carbocycles. The molecule has 0 atom stereocenters. The van der Waals surface area contributed by atoms with Crippen LogP contribution in [0.2, 0.25) is 0 Å². The lowest BCUT2D eigenvalue weighted by atomic mass is 10.1. The first-order valence-corrected chi connectivity index (χ1v) is 7.66. The SMILES string of the molecule is Cc1cccnc1NC(=O)CNC(=O)c1c[nH]c2ccccc2c1=O. The number of aryl methyl sites for hydroxylation is 1. The average molecular weight is 336 g/mol. The maximum absolute atomic E-state index is 12.4. The molecule has 2 heterocycles. The van der Waals surface area contributed by atoms with Gasteiger partial charge in [0, 0.05) is 23.3 Å². The summed E-state index contributed by atoms with van der Waals surface area (Å²) in [6.45, 7) is 1.55. The highest BCUT2D eigenvalue weighted by atomic mass is 16.2. The Hall–Kier alpha value is -3.48. The minimum Gasteiger partial charge on any atom is -0.360 e. The number of amides is 2. The summed E-state index contributed by atoms with van der Waals surface area (Å²) in [5.41, 5.74) is 1.04. The minimum absolute atomic E-state index is 0.0412. The number of hydrogen-bond donors (Lipinski definition) is 3. The standard InChI is InChI=1S/C18H16N4O3/c1-11-5-4-8-19-17(11)22-15(23)10-21-18(25)13-9-20-14-7-3-2-6-12(14)16(13)24/h2-9H,10H2,1H3,(H,20,24)(H,21,25)(H,19,22,23). The van der Waals surface area contributed by atoms with Crippen LogP contribution in [0.5, 0.6) is 0 Å². The second-order valence-electron chi connectivity index (χ2n) is 5.48. The number of benzene rings is 1. The molecule has 0 saturated heterocycles. The highest BCUT2D eigenvalue weighted by Crippen LogP contribution is 2.09. The molecule has 0 aliphatic rings. The third-order valence-corrected chi connectivity index (χ3v) is 3.71. The van der Waals surface area contributed by atoms with Gasteiger partial charge in [0.1, 0.15) is 11.4 Å². The summed E-state index contributed by atoms with van der Waals surface area (Å²) in [4.78, 5) is 43.5. The Kier molecular flexibility index (Phi) is 4.56. The molecule has 0 spiro atoms. The number of aromatic amines is 1.